The molecule has 0 aliphatic rings. The molecule has 0 aliphatic heterocycles. The van der Waals surface area contributed by atoms with Gasteiger partial charge in [-0.25, -0.2) is 0 Å². The van der Waals surface area contributed by atoms with E-state index in [9.17, 15) is 0 Å². The first kappa shape index (κ1) is 13.3. The van der Waals surface area contributed by atoms with Gasteiger partial charge in [0.15, 0.2) is 0 Å². The van der Waals surface area contributed by atoms with Crippen LogP contribution < -0.4 is 5.32 Å². The zero-order chi connectivity index (χ0) is 11.8. The maximum atomic E-state index is 5.30. The summed E-state index contributed by atoms with van der Waals surface area (Å²) in [5.41, 5.74) is 1.48. The van der Waals surface area contributed by atoms with E-state index < -0.39 is 0 Å². The van der Waals surface area contributed by atoms with Gasteiger partial charge < -0.3 is 5.32 Å². The first-order valence-electron chi connectivity index (χ1n) is 6.06. The van der Waals surface area contributed by atoms with E-state index in [1.165, 1.54) is 10.4 Å². The number of hydrogen-bond donors (Lipinski definition) is 1. The van der Waals surface area contributed by atoms with Gasteiger partial charge in [-0.1, -0.05) is 13.8 Å². The first-order chi connectivity index (χ1) is 7.83. The van der Waals surface area contributed by atoms with Crippen molar-refractivity contribution >= 4 is 11.3 Å². The van der Waals surface area contributed by atoms with Crippen molar-refractivity contribution in [3.63, 3.8) is 0 Å². The molecule has 1 atom stereocenters. The van der Waals surface area contributed by atoms with E-state index in [0.717, 1.165) is 32.2 Å². The number of unbranched alkanes of at least 4 members (excludes halogenated alkanes) is 1. The van der Waals surface area contributed by atoms with Crippen LogP contribution >= 0.6 is 11.3 Å². The normalized spacial score (nSPS) is 12.3. The Bertz CT molecular complexity index is 335. The minimum Gasteiger partial charge on any atom is -0.310 e. The van der Waals surface area contributed by atoms with E-state index in [0.29, 0.717) is 6.04 Å². The molecule has 0 bridgehead atoms. The highest BCUT2D eigenvalue weighted by Gasteiger charge is 2.14. The second-order valence-corrected chi connectivity index (χ2v) is 4.82. The van der Waals surface area contributed by atoms with Crippen LogP contribution in [0.4, 0.5) is 0 Å². The van der Waals surface area contributed by atoms with Crippen LogP contribution in [0.3, 0.4) is 0 Å². The van der Waals surface area contributed by atoms with Gasteiger partial charge >= 0.3 is 0 Å². The third-order valence-corrected chi connectivity index (χ3v) is 3.82. The number of terminal acetylenes is 1. The summed E-state index contributed by atoms with van der Waals surface area (Å²) < 4.78 is 0. The van der Waals surface area contributed by atoms with Crippen LogP contribution in [0.15, 0.2) is 11.4 Å². The summed E-state index contributed by atoms with van der Waals surface area (Å²) in [4.78, 5) is 1.50. The van der Waals surface area contributed by atoms with E-state index >= 15 is 0 Å². The van der Waals surface area contributed by atoms with Crippen LogP contribution in [-0.2, 0) is 6.42 Å². The van der Waals surface area contributed by atoms with Gasteiger partial charge in [0.2, 0.25) is 0 Å². The van der Waals surface area contributed by atoms with Crippen molar-refractivity contribution in [1.29, 1.82) is 0 Å². The molecule has 0 aliphatic carbocycles. The minimum absolute atomic E-state index is 0.494. The number of thiophene rings is 1. The molecule has 1 nitrogen and oxygen atoms in total. The molecule has 1 N–H and O–H groups in total. The van der Waals surface area contributed by atoms with Gasteiger partial charge in [0.1, 0.15) is 0 Å². The highest BCUT2D eigenvalue weighted by molar-refractivity contribution is 7.10. The molecule has 0 saturated heterocycles. The largest absolute Gasteiger partial charge is 0.310 e. The minimum atomic E-state index is 0.494. The van der Waals surface area contributed by atoms with Gasteiger partial charge in [-0.15, -0.1) is 23.7 Å². The summed E-state index contributed by atoms with van der Waals surface area (Å²) in [6.45, 7) is 5.39. The molecule has 0 saturated carbocycles. The van der Waals surface area contributed by atoms with Gasteiger partial charge in [-0.3, -0.25) is 0 Å². The fraction of sp³-hybridized carbons (Fsp3) is 0.571. The Kier molecular flexibility index (Phi) is 6.22. The summed E-state index contributed by atoms with van der Waals surface area (Å²) in [6, 6.07) is 2.74. The van der Waals surface area contributed by atoms with Crippen LogP contribution in [0, 0.1) is 12.3 Å². The number of hydrogen-bond acceptors (Lipinski definition) is 2. The van der Waals surface area contributed by atoms with E-state index in [2.05, 4.69) is 36.5 Å². The van der Waals surface area contributed by atoms with Crippen molar-refractivity contribution in [3.05, 3.63) is 21.9 Å². The predicted molar refractivity (Wildman–Crippen MR) is 72.8 cm³/mol. The third kappa shape index (κ3) is 3.66. The standard InChI is InChI=1S/C14H21NS/c1-4-7-8-9-13(15-6-3)14-12(5-2)10-11-16-14/h1,10-11,13,15H,5-9H2,2-3H3. The molecular weight excluding hydrogens is 214 g/mol. The molecular formula is C14H21NS. The number of rotatable bonds is 7. The monoisotopic (exact) mass is 235 g/mol. The maximum Gasteiger partial charge on any atom is 0.0417 e. The molecule has 88 valence electrons. The van der Waals surface area contributed by atoms with E-state index in [-0.39, 0.29) is 0 Å². The molecule has 0 radical (unpaired) electrons. The lowest BCUT2D eigenvalue weighted by molar-refractivity contribution is 0.506. The van der Waals surface area contributed by atoms with Gasteiger partial charge in [-0.05, 0) is 42.8 Å². The van der Waals surface area contributed by atoms with Crippen molar-refractivity contribution in [2.75, 3.05) is 6.54 Å². The Balaban J connectivity index is 2.65. The lowest BCUT2D eigenvalue weighted by atomic mass is 10.0. The van der Waals surface area contributed by atoms with Gasteiger partial charge in [-0.2, -0.15) is 0 Å². The topological polar surface area (TPSA) is 12.0 Å². The second-order valence-electron chi connectivity index (χ2n) is 3.87. The smallest absolute Gasteiger partial charge is 0.0417 e. The molecule has 1 unspecified atom stereocenters. The highest BCUT2D eigenvalue weighted by Crippen LogP contribution is 2.28. The predicted octanol–water partition coefficient (Wildman–Crippen LogP) is 3.76. The van der Waals surface area contributed by atoms with E-state index in [1.54, 1.807) is 0 Å². The quantitative estimate of drug-likeness (QED) is 0.560. The van der Waals surface area contributed by atoms with Crippen LogP contribution in [0.1, 0.15) is 49.6 Å². The Hall–Kier alpha value is -0.780. The molecule has 0 spiro atoms. The summed E-state index contributed by atoms with van der Waals surface area (Å²) in [7, 11) is 0. The average molecular weight is 235 g/mol. The highest BCUT2D eigenvalue weighted by atomic mass is 32.1. The Labute approximate surface area is 103 Å². The molecule has 16 heavy (non-hydrogen) atoms. The molecule has 1 aromatic heterocycles. The van der Waals surface area contributed by atoms with Crippen LogP contribution in [-0.4, -0.2) is 6.54 Å². The molecule has 1 rings (SSSR count). The van der Waals surface area contributed by atoms with Gasteiger partial charge in [0.05, 0.1) is 0 Å². The van der Waals surface area contributed by atoms with Crippen molar-refractivity contribution in [2.24, 2.45) is 0 Å². The van der Waals surface area contributed by atoms with Crippen LogP contribution in [0.2, 0.25) is 0 Å². The van der Waals surface area contributed by atoms with Crippen LogP contribution in [0.5, 0.6) is 0 Å². The molecule has 1 heterocycles. The summed E-state index contributed by atoms with van der Waals surface area (Å²) in [6.07, 6.45) is 9.55. The molecule has 0 fully saturated rings. The zero-order valence-corrected chi connectivity index (χ0v) is 11.1. The Morgan fingerprint density at radius 3 is 2.94 bits per heavy atom. The summed E-state index contributed by atoms with van der Waals surface area (Å²) in [5.74, 6) is 2.71. The third-order valence-electron chi connectivity index (χ3n) is 2.74. The molecule has 0 amide bonds. The van der Waals surface area contributed by atoms with Crippen LogP contribution in [0.25, 0.3) is 0 Å². The van der Waals surface area contributed by atoms with Crippen molar-refractivity contribution < 1.29 is 0 Å². The first-order valence-corrected chi connectivity index (χ1v) is 6.94. The van der Waals surface area contributed by atoms with E-state index in [4.69, 9.17) is 6.42 Å². The van der Waals surface area contributed by atoms with Crippen molar-refractivity contribution in [2.45, 2.75) is 45.6 Å². The second kappa shape index (κ2) is 7.49. The average Bonchev–Trinajstić information content (AvgIpc) is 2.76. The lowest BCUT2D eigenvalue weighted by Crippen LogP contribution is -2.20. The molecule has 0 aromatic carbocycles. The molecule has 2 heteroatoms. The van der Waals surface area contributed by atoms with Gasteiger partial charge in [0.25, 0.3) is 0 Å². The summed E-state index contributed by atoms with van der Waals surface area (Å²) >= 11 is 1.87. The number of aryl methyl sites for hydroxylation is 1. The Morgan fingerprint density at radius 1 is 1.50 bits per heavy atom. The number of nitrogens with one attached hydrogen (secondary N) is 1. The van der Waals surface area contributed by atoms with E-state index in [1.807, 2.05) is 11.3 Å². The summed E-state index contributed by atoms with van der Waals surface area (Å²) in [5, 5.41) is 5.75. The molecule has 1 aromatic rings. The fourth-order valence-electron chi connectivity index (χ4n) is 1.93. The van der Waals surface area contributed by atoms with Gasteiger partial charge in [0, 0.05) is 17.3 Å². The van der Waals surface area contributed by atoms with Crippen molar-refractivity contribution in [1.82, 2.24) is 5.32 Å². The Morgan fingerprint density at radius 2 is 2.31 bits per heavy atom. The fourth-order valence-corrected chi connectivity index (χ4v) is 3.03. The lowest BCUT2D eigenvalue weighted by Gasteiger charge is -2.17. The SMILES string of the molecule is C#CCCCC(NCC)c1sccc1CC. The maximum absolute atomic E-state index is 5.30. The zero-order valence-electron chi connectivity index (χ0n) is 10.3. The van der Waals surface area contributed by atoms with Crippen molar-refractivity contribution in [3.8, 4) is 12.3 Å².